The molecular formula is C13H17N3O2S. The molecule has 0 aliphatic rings. The summed E-state index contributed by atoms with van der Waals surface area (Å²) in [5.41, 5.74) is 2.49. The largest absolute Gasteiger partial charge is 0.276 e. The van der Waals surface area contributed by atoms with Crippen LogP contribution in [0.15, 0.2) is 35.5 Å². The van der Waals surface area contributed by atoms with Crippen molar-refractivity contribution in [1.82, 2.24) is 9.78 Å². The molecule has 1 N–H and O–H groups in total. The van der Waals surface area contributed by atoms with Crippen LogP contribution in [0.1, 0.15) is 18.1 Å². The number of hydrogen-bond acceptors (Lipinski definition) is 3. The molecule has 0 fully saturated rings. The first-order chi connectivity index (χ1) is 8.92. The molecule has 6 heteroatoms. The molecule has 0 saturated heterocycles. The van der Waals surface area contributed by atoms with Crippen LogP contribution in [0.4, 0.5) is 5.69 Å². The van der Waals surface area contributed by atoms with E-state index in [1.54, 1.807) is 29.1 Å². The molecule has 102 valence electrons. The minimum Gasteiger partial charge on any atom is -0.276 e. The summed E-state index contributed by atoms with van der Waals surface area (Å²) >= 11 is 0. The van der Waals surface area contributed by atoms with Crippen LogP contribution in [-0.4, -0.2) is 18.2 Å². The van der Waals surface area contributed by atoms with Crippen LogP contribution in [0.2, 0.25) is 0 Å². The van der Waals surface area contributed by atoms with Gasteiger partial charge in [0.1, 0.15) is 0 Å². The molecule has 0 unspecified atom stereocenters. The summed E-state index contributed by atoms with van der Waals surface area (Å²) in [5, 5.41) is 4.03. The molecule has 0 atom stereocenters. The van der Waals surface area contributed by atoms with Crippen LogP contribution in [-0.2, 0) is 16.6 Å². The van der Waals surface area contributed by atoms with Gasteiger partial charge in [-0.2, -0.15) is 5.10 Å². The Morgan fingerprint density at radius 2 is 2.00 bits per heavy atom. The Balaban J connectivity index is 2.29. The lowest BCUT2D eigenvalue weighted by Crippen LogP contribution is -2.12. The van der Waals surface area contributed by atoms with Gasteiger partial charge in [-0.3, -0.25) is 9.40 Å². The van der Waals surface area contributed by atoms with Crippen LogP contribution >= 0.6 is 0 Å². The van der Waals surface area contributed by atoms with E-state index in [0.717, 1.165) is 11.1 Å². The predicted molar refractivity (Wildman–Crippen MR) is 74.6 cm³/mol. The summed E-state index contributed by atoms with van der Waals surface area (Å²) in [6.07, 6.45) is 3.17. The number of benzene rings is 1. The van der Waals surface area contributed by atoms with Gasteiger partial charge in [0.05, 0.1) is 16.8 Å². The van der Waals surface area contributed by atoms with E-state index in [4.69, 9.17) is 0 Å². The molecule has 2 rings (SSSR count). The SMILES string of the molecule is CCn1cc(NS(=O)(=O)c2ccc(C)c(C)c2)cn1. The third kappa shape index (κ3) is 2.96. The fourth-order valence-electron chi connectivity index (χ4n) is 1.68. The monoisotopic (exact) mass is 279 g/mol. The van der Waals surface area contributed by atoms with Crippen molar-refractivity contribution < 1.29 is 8.42 Å². The van der Waals surface area contributed by atoms with Crippen molar-refractivity contribution in [2.45, 2.75) is 32.2 Å². The molecule has 0 spiro atoms. The standard InChI is InChI=1S/C13H17N3O2S/c1-4-16-9-12(8-14-16)15-19(17,18)13-6-5-10(2)11(3)7-13/h5-9,15H,4H2,1-3H3. The second-order valence-corrected chi connectivity index (χ2v) is 6.12. The summed E-state index contributed by atoms with van der Waals surface area (Å²) in [4.78, 5) is 0.264. The molecule has 0 saturated carbocycles. The zero-order chi connectivity index (χ0) is 14.0. The lowest BCUT2D eigenvalue weighted by atomic mass is 10.1. The van der Waals surface area contributed by atoms with E-state index in [0.29, 0.717) is 12.2 Å². The van der Waals surface area contributed by atoms with Gasteiger partial charge in [-0.15, -0.1) is 0 Å². The lowest BCUT2D eigenvalue weighted by molar-refractivity contribution is 0.601. The number of aryl methyl sites for hydroxylation is 3. The van der Waals surface area contributed by atoms with Crippen molar-refractivity contribution in [3.05, 3.63) is 41.7 Å². The Morgan fingerprint density at radius 1 is 1.26 bits per heavy atom. The molecule has 0 bridgehead atoms. The minimum atomic E-state index is -3.55. The molecule has 1 aromatic carbocycles. The van der Waals surface area contributed by atoms with Crippen LogP contribution in [0.5, 0.6) is 0 Å². The highest BCUT2D eigenvalue weighted by atomic mass is 32.2. The maximum absolute atomic E-state index is 12.2. The van der Waals surface area contributed by atoms with Crippen molar-refractivity contribution in [1.29, 1.82) is 0 Å². The average molecular weight is 279 g/mol. The number of rotatable bonds is 4. The van der Waals surface area contributed by atoms with Gasteiger partial charge in [-0.05, 0) is 44.0 Å². The van der Waals surface area contributed by atoms with Crippen molar-refractivity contribution >= 4 is 15.7 Å². The Labute approximate surface area is 113 Å². The van der Waals surface area contributed by atoms with Crippen molar-refractivity contribution in [2.75, 3.05) is 4.72 Å². The maximum Gasteiger partial charge on any atom is 0.262 e. The third-order valence-electron chi connectivity index (χ3n) is 3.00. The second-order valence-electron chi connectivity index (χ2n) is 4.44. The van der Waals surface area contributed by atoms with E-state index in [9.17, 15) is 8.42 Å². The second kappa shape index (κ2) is 5.05. The van der Waals surface area contributed by atoms with Crippen LogP contribution < -0.4 is 4.72 Å². The van der Waals surface area contributed by atoms with Gasteiger partial charge in [0, 0.05) is 12.7 Å². The molecule has 19 heavy (non-hydrogen) atoms. The van der Waals surface area contributed by atoms with Crippen LogP contribution in [0.25, 0.3) is 0 Å². The first-order valence-corrected chi connectivity index (χ1v) is 7.53. The van der Waals surface area contributed by atoms with Gasteiger partial charge < -0.3 is 0 Å². The Hall–Kier alpha value is -1.82. The molecular weight excluding hydrogens is 262 g/mol. The molecule has 5 nitrogen and oxygen atoms in total. The van der Waals surface area contributed by atoms with Crippen molar-refractivity contribution in [2.24, 2.45) is 0 Å². The van der Waals surface area contributed by atoms with Gasteiger partial charge in [0.2, 0.25) is 0 Å². The fourth-order valence-corrected chi connectivity index (χ4v) is 2.80. The molecule has 0 aliphatic carbocycles. The Kier molecular flexibility index (Phi) is 3.61. The molecule has 0 amide bonds. The van der Waals surface area contributed by atoms with Crippen molar-refractivity contribution in [3.63, 3.8) is 0 Å². The average Bonchev–Trinajstić information content (AvgIpc) is 2.79. The van der Waals surface area contributed by atoms with Gasteiger partial charge in [-0.1, -0.05) is 6.07 Å². The molecule has 0 aliphatic heterocycles. The summed E-state index contributed by atoms with van der Waals surface area (Å²) in [6.45, 7) is 6.48. The number of sulfonamides is 1. The van der Waals surface area contributed by atoms with Gasteiger partial charge in [-0.25, -0.2) is 8.42 Å². The quantitative estimate of drug-likeness (QED) is 0.934. The molecule has 1 aromatic heterocycles. The van der Waals surface area contributed by atoms with E-state index in [1.807, 2.05) is 20.8 Å². The summed E-state index contributed by atoms with van der Waals surface area (Å²) < 4.78 is 28.6. The topological polar surface area (TPSA) is 64.0 Å². The third-order valence-corrected chi connectivity index (χ3v) is 4.38. The molecule has 0 radical (unpaired) electrons. The van der Waals surface area contributed by atoms with Gasteiger partial charge in [0.25, 0.3) is 10.0 Å². The summed E-state index contributed by atoms with van der Waals surface area (Å²) in [7, 11) is -3.55. The van der Waals surface area contributed by atoms with E-state index in [-0.39, 0.29) is 4.90 Å². The van der Waals surface area contributed by atoms with Gasteiger partial charge in [0.15, 0.2) is 0 Å². The summed E-state index contributed by atoms with van der Waals surface area (Å²) in [5.74, 6) is 0. The molecule has 1 heterocycles. The van der Waals surface area contributed by atoms with Crippen LogP contribution in [0, 0.1) is 13.8 Å². The highest BCUT2D eigenvalue weighted by Gasteiger charge is 2.15. The van der Waals surface area contributed by atoms with Gasteiger partial charge >= 0.3 is 0 Å². The Morgan fingerprint density at radius 3 is 2.58 bits per heavy atom. The first-order valence-electron chi connectivity index (χ1n) is 6.05. The maximum atomic E-state index is 12.2. The first kappa shape index (κ1) is 13.6. The molecule has 2 aromatic rings. The van der Waals surface area contributed by atoms with E-state index >= 15 is 0 Å². The number of hydrogen-bond donors (Lipinski definition) is 1. The highest BCUT2D eigenvalue weighted by Crippen LogP contribution is 2.18. The zero-order valence-corrected chi connectivity index (χ0v) is 12.0. The normalized spacial score (nSPS) is 11.5. The summed E-state index contributed by atoms with van der Waals surface area (Å²) in [6, 6.07) is 5.08. The fraction of sp³-hybridized carbons (Fsp3) is 0.308. The zero-order valence-electron chi connectivity index (χ0n) is 11.2. The Bertz CT molecular complexity index is 690. The highest BCUT2D eigenvalue weighted by molar-refractivity contribution is 7.92. The van der Waals surface area contributed by atoms with E-state index < -0.39 is 10.0 Å². The number of aromatic nitrogens is 2. The number of nitrogens with one attached hydrogen (secondary N) is 1. The van der Waals surface area contributed by atoms with E-state index in [1.165, 1.54) is 6.20 Å². The number of anilines is 1. The number of nitrogens with zero attached hydrogens (tertiary/aromatic N) is 2. The lowest BCUT2D eigenvalue weighted by Gasteiger charge is -2.08. The smallest absolute Gasteiger partial charge is 0.262 e. The van der Waals surface area contributed by atoms with E-state index in [2.05, 4.69) is 9.82 Å². The van der Waals surface area contributed by atoms with Crippen molar-refractivity contribution in [3.8, 4) is 0 Å². The minimum absolute atomic E-state index is 0.264. The van der Waals surface area contributed by atoms with Crippen LogP contribution in [0.3, 0.4) is 0 Å². The predicted octanol–water partition coefficient (Wildman–Crippen LogP) is 2.32.